The van der Waals surface area contributed by atoms with Gasteiger partial charge < -0.3 is 9.47 Å². The molecule has 0 unspecified atom stereocenters. The first-order chi connectivity index (χ1) is 13.1. The lowest BCUT2D eigenvalue weighted by molar-refractivity contribution is -0.00890. The van der Waals surface area contributed by atoms with Gasteiger partial charge in [-0.2, -0.15) is 0 Å². The van der Waals surface area contributed by atoms with Crippen molar-refractivity contribution in [2.24, 2.45) is 23.2 Å². The minimum absolute atomic E-state index is 0.162. The summed E-state index contributed by atoms with van der Waals surface area (Å²) in [5, 5.41) is 0. The minimum atomic E-state index is 0.162. The minimum Gasteiger partial charge on any atom is -0.467 e. The molecule has 4 fully saturated rings. The summed E-state index contributed by atoms with van der Waals surface area (Å²) in [4.78, 5) is 0. The van der Waals surface area contributed by atoms with Crippen molar-refractivity contribution in [1.82, 2.24) is 0 Å². The maximum atomic E-state index is 6.12. The Morgan fingerprint density at radius 3 is 2.00 bits per heavy atom. The molecule has 0 saturated heterocycles. The van der Waals surface area contributed by atoms with Gasteiger partial charge in [-0.05, 0) is 90.6 Å². The average Bonchev–Trinajstić information content (AvgIpc) is 2.56. The van der Waals surface area contributed by atoms with Crippen molar-refractivity contribution in [3.05, 3.63) is 29.3 Å². The molecule has 4 aliphatic carbocycles. The summed E-state index contributed by atoms with van der Waals surface area (Å²) < 4.78 is 11.4. The highest BCUT2D eigenvalue weighted by atomic mass is 16.7. The van der Waals surface area contributed by atoms with Crippen molar-refractivity contribution in [2.75, 3.05) is 13.9 Å². The van der Waals surface area contributed by atoms with Crippen LogP contribution in [0.4, 0.5) is 0 Å². The lowest BCUT2D eigenvalue weighted by Gasteiger charge is -2.57. The molecule has 0 heterocycles. The Balaban J connectivity index is 1.74. The Morgan fingerprint density at radius 1 is 0.929 bits per heavy atom. The van der Waals surface area contributed by atoms with Crippen LogP contribution in [0.2, 0.25) is 0 Å². The fraction of sp³-hybridized carbons (Fsp3) is 0.769. The van der Waals surface area contributed by atoms with Crippen LogP contribution in [0, 0.1) is 23.2 Å². The van der Waals surface area contributed by atoms with Crippen LogP contribution in [-0.4, -0.2) is 13.9 Å². The fourth-order valence-corrected chi connectivity index (χ4v) is 7.48. The van der Waals surface area contributed by atoms with Crippen LogP contribution in [0.3, 0.4) is 0 Å². The molecular weight excluding hydrogens is 344 g/mol. The van der Waals surface area contributed by atoms with E-state index in [2.05, 4.69) is 52.8 Å². The van der Waals surface area contributed by atoms with Crippen LogP contribution >= 0.6 is 0 Å². The SMILES string of the molecule is COCOc1ccc(C(C)(C)CC(C)(C)C)cc1C12CC3CC(CC(C3)C1)C2. The second-order valence-corrected chi connectivity index (χ2v) is 12.1. The highest BCUT2D eigenvalue weighted by molar-refractivity contribution is 5.46. The van der Waals surface area contributed by atoms with Gasteiger partial charge in [0.1, 0.15) is 5.75 Å². The molecule has 0 amide bonds. The molecular formula is C26H40O2. The van der Waals surface area contributed by atoms with Crippen LogP contribution < -0.4 is 4.74 Å². The van der Waals surface area contributed by atoms with Gasteiger partial charge in [0.2, 0.25) is 0 Å². The van der Waals surface area contributed by atoms with E-state index in [9.17, 15) is 0 Å². The summed E-state index contributed by atoms with van der Waals surface area (Å²) in [6.45, 7) is 12.2. The first-order valence-corrected chi connectivity index (χ1v) is 11.4. The van der Waals surface area contributed by atoms with E-state index < -0.39 is 0 Å². The van der Waals surface area contributed by atoms with Gasteiger partial charge in [-0.3, -0.25) is 0 Å². The maximum absolute atomic E-state index is 6.12. The van der Waals surface area contributed by atoms with Gasteiger partial charge in [0.25, 0.3) is 0 Å². The molecule has 4 saturated carbocycles. The topological polar surface area (TPSA) is 18.5 Å². The summed E-state index contributed by atoms with van der Waals surface area (Å²) in [6, 6.07) is 7.08. The highest BCUT2D eigenvalue weighted by Crippen LogP contribution is 2.62. The molecule has 0 aromatic heterocycles. The first kappa shape index (κ1) is 20.3. The predicted octanol–water partition coefficient (Wildman–Crippen LogP) is 6.85. The molecule has 0 atom stereocenters. The number of ether oxygens (including phenoxy) is 2. The number of hydrogen-bond donors (Lipinski definition) is 0. The van der Waals surface area contributed by atoms with Gasteiger partial charge in [-0.1, -0.05) is 46.8 Å². The van der Waals surface area contributed by atoms with Crippen molar-refractivity contribution in [2.45, 2.75) is 90.4 Å². The van der Waals surface area contributed by atoms with E-state index in [1.54, 1.807) is 7.11 Å². The molecule has 5 rings (SSSR count). The Kier molecular flexibility index (Phi) is 5.10. The van der Waals surface area contributed by atoms with Gasteiger partial charge in [0.05, 0.1) is 0 Å². The summed E-state index contributed by atoms with van der Waals surface area (Å²) in [5.74, 6) is 3.88. The highest BCUT2D eigenvalue weighted by Gasteiger charge is 2.52. The third kappa shape index (κ3) is 3.86. The van der Waals surface area contributed by atoms with E-state index in [4.69, 9.17) is 9.47 Å². The van der Waals surface area contributed by atoms with E-state index >= 15 is 0 Å². The normalized spacial score (nSPS) is 32.0. The Morgan fingerprint density at radius 2 is 1.50 bits per heavy atom. The van der Waals surface area contributed by atoms with Crippen LogP contribution in [-0.2, 0) is 15.6 Å². The Labute approximate surface area is 172 Å². The smallest absolute Gasteiger partial charge is 0.188 e. The summed E-state index contributed by atoms with van der Waals surface area (Å²) >= 11 is 0. The van der Waals surface area contributed by atoms with E-state index in [1.807, 2.05) is 0 Å². The molecule has 4 aliphatic rings. The Hall–Kier alpha value is -1.02. The molecule has 2 nitrogen and oxygen atoms in total. The van der Waals surface area contributed by atoms with Gasteiger partial charge in [-0.15, -0.1) is 0 Å². The molecule has 4 bridgehead atoms. The lowest BCUT2D eigenvalue weighted by atomic mass is 9.48. The Bertz CT molecular complexity index is 674. The molecule has 0 aliphatic heterocycles. The third-order valence-corrected chi connectivity index (χ3v) is 7.68. The number of benzene rings is 1. The van der Waals surface area contributed by atoms with Crippen LogP contribution in [0.25, 0.3) is 0 Å². The van der Waals surface area contributed by atoms with Gasteiger partial charge in [-0.25, -0.2) is 0 Å². The van der Waals surface area contributed by atoms with E-state index in [-0.39, 0.29) is 5.41 Å². The molecule has 2 heteroatoms. The summed E-state index contributed by atoms with van der Waals surface area (Å²) in [5.41, 5.74) is 3.78. The van der Waals surface area contributed by atoms with Crippen LogP contribution in [0.5, 0.6) is 5.75 Å². The van der Waals surface area contributed by atoms with Crippen molar-refractivity contribution in [3.63, 3.8) is 0 Å². The maximum Gasteiger partial charge on any atom is 0.188 e. The van der Waals surface area contributed by atoms with E-state index in [0.717, 1.165) is 23.5 Å². The molecule has 1 aromatic carbocycles. The van der Waals surface area contributed by atoms with Crippen LogP contribution in [0.1, 0.15) is 90.7 Å². The molecule has 0 radical (unpaired) electrons. The molecule has 28 heavy (non-hydrogen) atoms. The molecule has 1 aromatic rings. The average molecular weight is 385 g/mol. The predicted molar refractivity (Wildman–Crippen MR) is 116 cm³/mol. The monoisotopic (exact) mass is 384 g/mol. The second-order valence-electron chi connectivity index (χ2n) is 12.1. The molecule has 0 N–H and O–H groups in total. The summed E-state index contributed by atoms with van der Waals surface area (Å²) in [6.07, 6.45) is 9.70. The van der Waals surface area contributed by atoms with Gasteiger partial charge in [0.15, 0.2) is 6.79 Å². The van der Waals surface area contributed by atoms with Crippen molar-refractivity contribution in [3.8, 4) is 5.75 Å². The van der Waals surface area contributed by atoms with E-state index in [1.165, 1.54) is 56.1 Å². The largest absolute Gasteiger partial charge is 0.467 e. The van der Waals surface area contributed by atoms with Crippen molar-refractivity contribution >= 4 is 0 Å². The quantitative estimate of drug-likeness (QED) is 0.499. The number of rotatable bonds is 6. The zero-order valence-electron chi connectivity index (χ0n) is 18.9. The van der Waals surface area contributed by atoms with Gasteiger partial charge in [0, 0.05) is 12.7 Å². The zero-order valence-corrected chi connectivity index (χ0v) is 18.9. The van der Waals surface area contributed by atoms with Crippen molar-refractivity contribution < 1.29 is 9.47 Å². The lowest BCUT2D eigenvalue weighted by Crippen LogP contribution is -2.48. The van der Waals surface area contributed by atoms with Crippen molar-refractivity contribution in [1.29, 1.82) is 0 Å². The fourth-order valence-electron chi connectivity index (χ4n) is 7.48. The molecule has 156 valence electrons. The first-order valence-electron chi connectivity index (χ1n) is 11.4. The third-order valence-electron chi connectivity index (χ3n) is 7.68. The summed E-state index contributed by atoms with van der Waals surface area (Å²) in [7, 11) is 1.71. The number of methoxy groups -OCH3 is 1. The standard InChI is InChI=1S/C26H40O2/c1-24(2,3)16-25(4,5)21-7-8-23(28-17-27-6)22(12-21)26-13-18-9-19(14-26)11-20(10-18)15-26/h7-8,12,18-20H,9-11,13-17H2,1-6H3. The number of hydrogen-bond acceptors (Lipinski definition) is 2. The zero-order chi connectivity index (χ0) is 20.2. The van der Waals surface area contributed by atoms with Crippen LogP contribution in [0.15, 0.2) is 18.2 Å². The van der Waals surface area contributed by atoms with Gasteiger partial charge >= 0.3 is 0 Å². The molecule has 0 spiro atoms. The van der Waals surface area contributed by atoms with E-state index in [0.29, 0.717) is 17.6 Å². The second kappa shape index (κ2) is 7.04.